The number of hydrogen-bond acceptors (Lipinski definition) is 5. The van der Waals surface area contributed by atoms with Crippen LogP contribution in [0.1, 0.15) is 19.8 Å². The number of carbonyl (C=O) groups is 2. The third-order valence-corrected chi connectivity index (χ3v) is 2.37. The van der Waals surface area contributed by atoms with Crippen LogP contribution in [0.3, 0.4) is 0 Å². The lowest BCUT2D eigenvalue weighted by molar-refractivity contribution is -0.142. The zero-order chi connectivity index (χ0) is 14.0. The summed E-state index contributed by atoms with van der Waals surface area (Å²) in [6.07, 6.45) is 4.23. The first-order chi connectivity index (χ1) is 8.54. The van der Waals surface area contributed by atoms with E-state index in [2.05, 4.69) is 14.8 Å². The molecule has 0 bridgehead atoms. The Bertz CT molecular complexity index is 290. The highest BCUT2D eigenvalue weighted by Crippen LogP contribution is 2.01. The lowest BCUT2D eigenvalue weighted by Crippen LogP contribution is -2.41. The van der Waals surface area contributed by atoms with Gasteiger partial charge in [-0.1, -0.05) is 12.2 Å². The maximum Gasteiger partial charge on any atom is 0.407 e. The Morgan fingerprint density at radius 3 is 2.22 bits per heavy atom. The Morgan fingerprint density at radius 1 is 1.11 bits per heavy atom. The van der Waals surface area contributed by atoms with Gasteiger partial charge in [-0.15, -0.1) is 0 Å². The summed E-state index contributed by atoms with van der Waals surface area (Å²) in [5.74, 6) is -0.509. The van der Waals surface area contributed by atoms with Crippen molar-refractivity contribution in [3.05, 3.63) is 12.2 Å². The molecule has 0 saturated carbocycles. The normalized spacial score (nSPS) is 14.0. The molecule has 6 heteroatoms. The Balaban J connectivity index is 4.24. The first kappa shape index (κ1) is 16.4. The van der Waals surface area contributed by atoms with Gasteiger partial charge in [-0.2, -0.15) is 0 Å². The molecule has 0 aromatic carbocycles. The maximum absolute atomic E-state index is 11.4. The summed E-state index contributed by atoms with van der Waals surface area (Å²) in [5.41, 5.74) is 0. The lowest BCUT2D eigenvalue weighted by Gasteiger charge is -2.13. The summed E-state index contributed by atoms with van der Waals surface area (Å²) in [7, 11) is 4.14. The monoisotopic (exact) mass is 259 g/mol. The SMILES string of the molecule is COC(=O)N[C@@H](C/C=C/C[C@H](C)OC)C(=O)OC. The average molecular weight is 259 g/mol. The van der Waals surface area contributed by atoms with Crippen molar-refractivity contribution in [2.45, 2.75) is 31.9 Å². The van der Waals surface area contributed by atoms with Crippen molar-refractivity contribution >= 4 is 12.1 Å². The van der Waals surface area contributed by atoms with E-state index in [1.54, 1.807) is 13.2 Å². The van der Waals surface area contributed by atoms with Crippen LogP contribution in [-0.4, -0.2) is 45.5 Å². The fraction of sp³-hybridized carbons (Fsp3) is 0.667. The molecule has 0 aromatic rings. The van der Waals surface area contributed by atoms with E-state index in [1.165, 1.54) is 14.2 Å². The van der Waals surface area contributed by atoms with E-state index in [9.17, 15) is 9.59 Å². The van der Waals surface area contributed by atoms with Gasteiger partial charge in [0.25, 0.3) is 0 Å². The molecule has 0 saturated heterocycles. The van der Waals surface area contributed by atoms with E-state index in [-0.39, 0.29) is 6.10 Å². The van der Waals surface area contributed by atoms with Crippen molar-refractivity contribution in [3.8, 4) is 0 Å². The van der Waals surface area contributed by atoms with Gasteiger partial charge in [0.05, 0.1) is 20.3 Å². The molecule has 1 N–H and O–H groups in total. The molecule has 0 rings (SSSR count). The van der Waals surface area contributed by atoms with Crippen molar-refractivity contribution in [2.24, 2.45) is 0 Å². The third-order valence-electron chi connectivity index (χ3n) is 2.37. The van der Waals surface area contributed by atoms with Crippen LogP contribution in [0, 0.1) is 0 Å². The highest BCUT2D eigenvalue weighted by molar-refractivity contribution is 5.81. The van der Waals surface area contributed by atoms with Crippen molar-refractivity contribution in [3.63, 3.8) is 0 Å². The second-order valence-electron chi connectivity index (χ2n) is 3.70. The van der Waals surface area contributed by atoms with Crippen LogP contribution in [0.5, 0.6) is 0 Å². The van der Waals surface area contributed by atoms with E-state index >= 15 is 0 Å². The van der Waals surface area contributed by atoms with E-state index in [0.29, 0.717) is 6.42 Å². The van der Waals surface area contributed by atoms with Gasteiger partial charge in [0.1, 0.15) is 6.04 Å². The van der Waals surface area contributed by atoms with Crippen molar-refractivity contribution in [1.29, 1.82) is 0 Å². The molecule has 0 fully saturated rings. The minimum absolute atomic E-state index is 0.117. The van der Waals surface area contributed by atoms with Crippen molar-refractivity contribution in [2.75, 3.05) is 21.3 Å². The molecule has 0 aliphatic rings. The summed E-state index contributed by atoms with van der Waals surface area (Å²) < 4.78 is 14.1. The maximum atomic E-state index is 11.4. The van der Waals surface area contributed by atoms with Gasteiger partial charge < -0.3 is 19.5 Å². The zero-order valence-corrected chi connectivity index (χ0v) is 11.3. The Hall–Kier alpha value is -1.56. The molecule has 0 aliphatic heterocycles. The van der Waals surface area contributed by atoms with E-state index < -0.39 is 18.1 Å². The van der Waals surface area contributed by atoms with Crippen molar-refractivity contribution in [1.82, 2.24) is 5.32 Å². The summed E-state index contributed by atoms with van der Waals surface area (Å²) in [6.45, 7) is 1.94. The average Bonchev–Trinajstić information content (AvgIpc) is 2.40. The van der Waals surface area contributed by atoms with Gasteiger partial charge >= 0.3 is 12.1 Å². The second-order valence-corrected chi connectivity index (χ2v) is 3.70. The smallest absolute Gasteiger partial charge is 0.407 e. The first-order valence-corrected chi connectivity index (χ1v) is 5.65. The molecule has 18 heavy (non-hydrogen) atoms. The van der Waals surface area contributed by atoms with E-state index in [1.807, 2.05) is 13.0 Å². The van der Waals surface area contributed by atoms with Gasteiger partial charge in [0, 0.05) is 7.11 Å². The Labute approximate surface area is 107 Å². The number of hydrogen-bond donors (Lipinski definition) is 1. The molecule has 0 aromatic heterocycles. The predicted octanol–water partition coefficient (Wildman–Crippen LogP) is 1.26. The summed E-state index contributed by atoms with van der Waals surface area (Å²) in [5, 5.41) is 2.40. The summed E-state index contributed by atoms with van der Waals surface area (Å²) >= 11 is 0. The third kappa shape index (κ3) is 6.90. The molecule has 0 spiro atoms. The highest BCUT2D eigenvalue weighted by atomic mass is 16.5. The largest absolute Gasteiger partial charge is 0.467 e. The number of methoxy groups -OCH3 is 3. The fourth-order valence-electron chi connectivity index (χ4n) is 1.17. The molecule has 0 radical (unpaired) electrons. The van der Waals surface area contributed by atoms with E-state index in [0.717, 1.165) is 6.42 Å². The van der Waals surface area contributed by atoms with Crippen LogP contribution >= 0.6 is 0 Å². The molecular weight excluding hydrogens is 238 g/mol. The number of esters is 1. The fourth-order valence-corrected chi connectivity index (χ4v) is 1.17. The van der Waals surface area contributed by atoms with Crippen LogP contribution < -0.4 is 5.32 Å². The van der Waals surface area contributed by atoms with Gasteiger partial charge in [0.2, 0.25) is 0 Å². The lowest BCUT2D eigenvalue weighted by atomic mass is 10.1. The standard InChI is InChI=1S/C12H21NO5/c1-9(16-2)7-5-6-8-10(11(14)17-3)13-12(15)18-4/h5-6,9-10H,7-8H2,1-4H3,(H,13,15)/b6-5+/t9-,10-/m0/s1. The minimum atomic E-state index is -0.739. The molecule has 0 unspecified atom stereocenters. The number of carbonyl (C=O) groups excluding carboxylic acids is 2. The second kappa shape index (κ2) is 9.47. The predicted molar refractivity (Wildman–Crippen MR) is 66.2 cm³/mol. The summed E-state index contributed by atoms with van der Waals surface area (Å²) in [6, 6.07) is -0.739. The molecule has 1 amide bonds. The first-order valence-electron chi connectivity index (χ1n) is 5.65. The Morgan fingerprint density at radius 2 is 1.72 bits per heavy atom. The van der Waals surface area contributed by atoms with Gasteiger partial charge in [-0.3, -0.25) is 0 Å². The number of nitrogens with one attached hydrogen (secondary N) is 1. The van der Waals surface area contributed by atoms with Gasteiger partial charge in [0.15, 0.2) is 0 Å². The van der Waals surface area contributed by atoms with Crippen LogP contribution in [0.25, 0.3) is 0 Å². The molecule has 0 aliphatic carbocycles. The van der Waals surface area contributed by atoms with E-state index in [4.69, 9.17) is 4.74 Å². The number of amides is 1. The topological polar surface area (TPSA) is 73.9 Å². The summed E-state index contributed by atoms with van der Waals surface area (Å²) in [4.78, 5) is 22.4. The Kier molecular flexibility index (Phi) is 8.65. The van der Waals surface area contributed by atoms with Crippen LogP contribution in [0.15, 0.2) is 12.2 Å². The van der Waals surface area contributed by atoms with Gasteiger partial charge in [-0.25, -0.2) is 9.59 Å². The number of rotatable bonds is 7. The molecule has 0 heterocycles. The molecule has 104 valence electrons. The highest BCUT2D eigenvalue weighted by Gasteiger charge is 2.20. The van der Waals surface area contributed by atoms with Crippen LogP contribution in [0.4, 0.5) is 4.79 Å². The molecular formula is C12H21NO5. The van der Waals surface area contributed by atoms with Crippen LogP contribution in [0.2, 0.25) is 0 Å². The zero-order valence-electron chi connectivity index (χ0n) is 11.3. The number of alkyl carbamates (subject to hydrolysis) is 1. The van der Waals surface area contributed by atoms with Gasteiger partial charge in [-0.05, 0) is 19.8 Å². The molecule has 2 atom stereocenters. The van der Waals surface area contributed by atoms with Crippen molar-refractivity contribution < 1.29 is 23.8 Å². The minimum Gasteiger partial charge on any atom is -0.467 e. The van der Waals surface area contributed by atoms with Crippen LogP contribution in [-0.2, 0) is 19.0 Å². The quantitative estimate of drug-likeness (QED) is 0.550. The number of ether oxygens (including phenoxy) is 3. The molecule has 6 nitrogen and oxygen atoms in total.